The van der Waals surface area contributed by atoms with Gasteiger partial charge in [-0.15, -0.1) is 0 Å². The molecular formula is C19H14Cl3N. The molecule has 0 bridgehead atoms. The number of halogens is 3. The van der Waals surface area contributed by atoms with Crippen LogP contribution in [0.25, 0.3) is 0 Å². The summed E-state index contributed by atoms with van der Waals surface area (Å²) in [5, 5.41) is 2.01. The molecule has 3 rings (SSSR count). The zero-order chi connectivity index (χ0) is 16.4. The molecule has 0 aliphatic heterocycles. The first kappa shape index (κ1) is 16.4. The predicted molar refractivity (Wildman–Crippen MR) is 98.4 cm³/mol. The lowest BCUT2D eigenvalue weighted by molar-refractivity contribution is 0.653. The van der Waals surface area contributed by atoms with Crippen molar-refractivity contribution in [1.29, 1.82) is 0 Å². The van der Waals surface area contributed by atoms with Gasteiger partial charge in [-0.1, -0.05) is 71.2 Å². The van der Waals surface area contributed by atoms with Crippen molar-refractivity contribution in [3.05, 3.63) is 105 Å². The Kier molecular flexibility index (Phi) is 4.65. The van der Waals surface area contributed by atoms with E-state index in [0.717, 1.165) is 16.7 Å². The second kappa shape index (κ2) is 6.54. The normalized spacial score (nSPS) is 11.5. The molecule has 0 amide bonds. The maximum Gasteiger partial charge on any atom is 0.0923 e. The highest BCUT2D eigenvalue weighted by molar-refractivity contribution is 6.31. The van der Waals surface area contributed by atoms with Crippen LogP contribution in [0.2, 0.25) is 15.1 Å². The molecule has 0 heterocycles. The van der Waals surface area contributed by atoms with Gasteiger partial charge < -0.3 is 5.73 Å². The van der Waals surface area contributed by atoms with Crippen molar-refractivity contribution in [2.24, 2.45) is 5.73 Å². The first-order valence-electron chi connectivity index (χ1n) is 7.07. The monoisotopic (exact) mass is 361 g/mol. The molecule has 0 fully saturated rings. The van der Waals surface area contributed by atoms with Crippen LogP contribution in [0.15, 0.2) is 72.8 Å². The molecule has 0 radical (unpaired) electrons. The summed E-state index contributed by atoms with van der Waals surface area (Å²) < 4.78 is 0. The van der Waals surface area contributed by atoms with Gasteiger partial charge in [0.1, 0.15) is 0 Å². The number of nitrogens with two attached hydrogens (primary N) is 1. The quantitative estimate of drug-likeness (QED) is 0.577. The maximum atomic E-state index is 6.88. The molecule has 3 aromatic carbocycles. The largest absolute Gasteiger partial charge is 0.314 e. The number of rotatable bonds is 3. The molecule has 0 unspecified atom stereocenters. The molecule has 0 saturated carbocycles. The summed E-state index contributed by atoms with van der Waals surface area (Å²) in [5.41, 5.74) is 8.87. The van der Waals surface area contributed by atoms with Gasteiger partial charge in [0, 0.05) is 15.1 Å². The molecular weight excluding hydrogens is 349 g/mol. The first-order valence-corrected chi connectivity index (χ1v) is 8.20. The zero-order valence-corrected chi connectivity index (χ0v) is 14.4. The van der Waals surface area contributed by atoms with Gasteiger partial charge in [0.15, 0.2) is 0 Å². The van der Waals surface area contributed by atoms with Gasteiger partial charge in [0.2, 0.25) is 0 Å². The molecule has 4 heteroatoms. The van der Waals surface area contributed by atoms with E-state index in [2.05, 4.69) is 0 Å². The van der Waals surface area contributed by atoms with E-state index in [-0.39, 0.29) is 0 Å². The highest BCUT2D eigenvalue weighted by atomic mass is 35.5. The molecule has 0 aliphatic carbocycles. The van der Waals surface area contributed by atoms with E-state index in [4.69, 9.17) is 40.5 Å². The van der Waals surface area contributed by atoms with Crippen LogP contribution in [0.4, 0.5) is 0 Å². The summed E-state index contributed by atoms with van der Waals surface area (Å²) in [5.74, 6) is 0. The Morgan fingerprint density at radius 1 is 0.478 bits per heavy atom. The van der Waals surface area contributed by atoms with Crippen LogP contribution in [0, 0.1) is 0 Å². The van der Waals surface area contributed by atoms with Crippen LogP contribution in [0.5, 0.6) is 0 Å². The van der Waals surface area contributed by atoms with Crippen LogP contribution < -0.4 is 5.73 Å². The number of hydrogen-bond donors (Lipinski definition) is 1. The number of hydrogen-bond acceptors (Lipinski definition) is 1. The molecule has 0 atom stereocenters. The molecule has 3 aromatic rings. The standard InChI is InChI=1S/C19H14Cl3N/c20-16-7-1-13(2-8-16)19(23,14-3-9-17(21)10-4-14)15-5-11-18(22)12-6-15/h1-12H,23H2. The van der Waals surface area contributed by atoms with Crippen LogP contribution in [-0.4, -0.2) is 0 Å². The summed E-state index contributed by atoms with van der Waals surface area (Å²) in [7, 11) is 0. The highest BCUT2D eigenvalue weighted by Gasteiger charge is 2.31. The molecule has 0 spiro atoms. The molecule has 0 saturated heterocycles. The topological polar surface area (TPSA) is 26.0 Å². The summed E-state index contributed by atoms with van der Waals surface area (Å²) in [4.78, 5) is 0. The van der Waals surface area contributed by atoms with Gasteiger partial charge in [-0.25, -0.2) is 0 Å². The molecule has 1 nitrogen and oxygen atoms in total. The lowest BCUT2D eigenvalue weighted by Gasteiger charge is -2.31. The fraction of sp³-hybridized carbons (Fsp3) is 0.0526. The van der Waals surface area contributed by atoms with Crippen LogP contribution in [-0.2, 0) is 5.54 Å². The summed E-state index contributed by atoms with van der Waals surface area (Å²) in [6.45, 7) is 0. The Labute approximate surface area is 150 Å². The van der Waals surface area contributed by atoms with Gasteiger partial charge in [0.25, 0.3) is 0 Å². The third-order valence-corrected chi connectivity index (χ3v) is 4.65. The minimum absolute atomic E-state index is 0.670. The average Bonchev–Trinajstić information content (AvgIpc) is 2.56. The Balaban J connectivity index is 2.21. The van der Waals surface area contributed by atoms with Crippen LogP contribution >= 0.6 is 34.8 Å². The zero-order valence-electron chi connectivity index (χ0n) is 12.1. The minimum Gasteiger partial charge on any atom is -0.314 e. The van der Waals surface area contributed by atoms with Crippen molar-refractivity contribution < 1.29 is 0 Å². The SMILES string of the molecule is NC(c1ccc(Cl)cc1)(c1ccc(Cl)cc1)c1ccc(Cl)cc1. The van der Waals surface area contributed by atoms with Gasteiger partial charge in [-0.3, -0.25) is 0 Å². The minimum atomic E-state index is -0.820. The second-order valence-corrected chi connectivity index (χ2v) is 6.64. The summed E-state index contributed by atoms with van der Waals surface area (Å²) in [6.07, 6.45) is 0. The van der Waals surface area contributed by atoms with E-state index in [1.54, 1.807) is 0 Å². The van der Waals surface area contributed by atoms with Gasteiger partial charge in [0.05, 0.1) is 5.54 Å². The maximum absolute atomic E-state index is 6.88. The Morgan fingerprint density at radius 3 is 0.913 bits per heavy atom. The second-order valence-electron chi connectivity index (χ2n) is 5.33. The fourth-order valence-corrected chi connectivity index (χ4v) is 3.02. The van der Waals surface area contributed by atoms with E-state index in [1.807, 2.05) is 72.8 Å². The van der Waals surface area contributed by atoms with Crippen LogP contribution in [0.1, 0.15) is 16.7 Å². The fourth-order valence-electron chi connectivity index (χ4n) is 2.64. The molecule has 0 aromatic heterocycles. The summed E-state index contributed by atoms with van der Waals surface area (Å²) >= 11 is 18.1. The lowest BCUT2D eigenvalue weighted by Crippen LogP contribution is -2.39. The van der Waals surface area contributed by atoms with Crippen molar-refractivity contribution >= 4 is 34.8 Å². The Morgan fingerprint density at radius 2 is 0.696 bits per heavy atom. The van der Waals surface area contributed by atoms with Gasteiger partial charge in [-0.2, -0.15) is 0 Å². The van der Waals surface area contributed by atoms with E-state index in [1.165, 1.54) is 0 Å². The molecule has 0 aliphatic rings. The van der Waals surface area contributed by atoms with E-state index < -0.39 is 5.54 Å². The smallest absolute Gasteiger partial charge is 0.0923 e. The van der Waals surface area contributed by atoms with Crippen molar-refractivity contribution in [2.45, 2.75) is 5.54 Å². The lowest BCUT2D eigenvalue weighted by atomic mass is 9.78. The van der Waals surface area contributed by atoms with Crippen LogP contribution in [0.3, 0.4) is 0 Å². The van der Waals surface area contributed by atoms with Crippen molar-refractivity contribution in [3.8, 4) is 0 Å². The molecule has 2 N–H and O–H groups in total. The van der Waals surface area contributed by atoms with Gasteiger partial charge >= 0.3 is 0 Å². The molecule has 23 heavy (non-hydrogen) atoms. The number of benzene rings is 3. The van der Waals surface area contributed by atoms with Gasteiger partial charge in [-0.05, 0) is 53.1 Å². The predicted octanol–water partition coefficient (Wildman–Crippen LogP) is 5.90. The van der Waals surface area contributed by atoms with E-state index in [0.29, 0.717) is 15.1 Å². The first-order chi connectivity index (χ1) is 11.0. The van der Waals surface area contributed by atoms with Crippen molar-refractivity contribution in [1.82, 2.24) is 0 Å². The highest BCUT2D eigenvalue weighted by Crippen LogP contribution is 2.35. The molecule has 116 valence electrons. The third kappa shape index (κ3) is 3.24. The van der Waals surface area contributed by atoms with Crippen molar-refractivity contribution in [2.75, 3.05) is 0 Å². The van der Waals surface area contributed by atoms with E-state index in [9.17, 15) is 0 Å². The van der Waals surface area contributed by atoms with E-state index >= 15 is 0 Å². The third-order valence-electron chi connectivity index (χ3n) is 3.90. The average molecular weight is 363 g/mol. The Hall–Kier alpha value is -1.51. The summed E-state index contributed by atoms with van der Waals surface area (Å²) in [6, 6.07) is 22.6. The Bertz CT molecular complexity index is 683. The van der Waals surface area contributed by atoms with Crippen molar-refractivity contribution in [3.63, 3.8) is 0 Å².